The molecule has 0 aliphatic heterocycles. The number of nitrogens with zero attached hydrogens (tertiary/aromatic N) is 2. The van der Waals surface area contributed by atoms with E-state index in [2.05, 4.69) is 15.3 Å². The van der Waals surface area contributed by atoms with Gasteiger partial charge in [-0.1, -0.05) is 30.3 Å². The Balaban J connectivity index is 2.20. The number of carboxylic acids is 1. The van der Waals surface area contributed by atoms with Crippen LogP contribution in [0.1, 0.15) is 11.8 Å². The molecule has 6 heteroatoms. The molecule has 0 saturated heterocycles. The summed E-state index contributed by atoms with van der Waals surface area (Å²) in [6.07, 6.45) is 1.46. The number of rotatable bonds is 4. The molecule has 5 nitrogen and oxygen atoms in total. The maximum Gasteiger partial charge on any atom is 0.325 e. The standard InChI is InChI=1S/C16H15N3O2S/c1-9(16(20)21)19-14-13-12(11-6-4-3-5-7-11)10(2)22-15(13)18-8-17-14/h3-9H,1-2H3,(H,20,21)(H,17,18,19). The molecule has 2 N–H and O–H groups in total. The molecule has 0 fully saturated rings. The molecule has 2 heterocycles. The number of anilines is 1. The van der Waals surface area contributed by atoms with Gasteiger partial charge in [0.1, 0.15) is 23.0 Å². The molecule has 3 aromatic rings. The van der Waals surface area contributed by atoms with Crippen LogP contribution in [0, 0.1) is 6.92 Å². The van der Waals surface area contributed by atoms with Gasteiger partial charge in [-0.2, -0.15) is 0 Å². The van der Waals surface area contributed by atoms with Crippen LogP contribution in [-0.4, -0.2) is 27.1 Å². The number of hydrogen-bond donors (Lipinski definition) is 2. The first-order chi connectivity index (χ1) is 10.6. The molecule has 0 aliphatic rings. The van der Waals surface area contributed by atoms with Crippen molar-refractivity contribution in [2.45, 2.75) is 19.9 Å². The Bertz CT molecular complexity index is 830. The van der Waals surface area contributed by atoms with Crippen molar-refractivity contribution in [3.05, 3.63) is 41.5 Å². The van der Waals surface area contributed by atoms with Crippen LogP contribution in [0.4, 0.5) is 5.82 Å². The fraction of sp³-hybridized carbons (Fsp3) is 0.188. The molecule has 3 rings (SSSR count). The van der Waals surface area contributed by atoms with E-state index in [1.165, 1.54) is 6.33 Å². The Morgan fingerprint density at radius 2 is 2.00 bits per heavy atom. The summed E-state index contributed by atoms with van der Waals surface area (Å²) in [5.74, 6) is -0.358. The molecule has 2 aromatic heterocycles. The molecule has 1 aromatic carbocycles. The van der Waals surface area contributed by atoms with Crippen molar-refractivity contribution in [3.8, 4) is 11.1 Å². The second-order valence-corrected chi connectivity index (χ2v) is 6.21. The Morgan fingerprint density at radius 1 is 1.27 bits per heavy atom. The zero-order valence-electron chi connectivity index (χ0n) is 12.2. The molecule has 1 atom stereocenters. The fourth-order valence-electron chi connectivity index (χ4n) is 2.37. The number of nitrogens with one attached hydrogen (secondary N) is 1. The Hall–Kier alpha value is -2.47. The Morgan fingerprint density at radius 3 is 2.68 bits per heavy atom. The minimum Gasteiger partial charge on any atom is -0.480 e. The number of carboxylic acid groups (broad SMARTS) is 1. The minimum absolute atomic E-state index is 0.558. The zero-order chi connectivity index (χ0) is 15.7. The number of aliphatic carboxylic acids is 1. The van der Waals surface area contributed by atoms with Crippen LogP contribution in [0.25, 0.3) is 21.3 Å². The third kappa shape index (κ3) is 2.53. The molecule has 0 saturated carbocycles. The minimum atomic E-state index is -0.917. The number of aromatic nitrogens is 2. The molecule has 0 amide bonds. The highest BCUT2D eigenvalue weighted by atomic mass is 32.1. The van der Waals surface area contributed by atoms with Crippen molar-refractivity contribution in [2.24, 2.45) is 0 Å². The summed E-state index contributed by atoms with van der Waals surface area (Å²) in [5.41, 5.74) is 2.13. The number of carbonyl (C=O) groups is 1. The third-order valence-corrected chi connectivity index (χ3v) is 4.46. The number of thiophene rings is 1. The van der Waals surface area contributed by atoms with Gasteiger partial charge in [0, 0.05) is 10.4 Å². The van der Waals surface area contributed by atoms with Crippen LogP contribution in [0.5, 0.6) is 0 Å². The number of hydrogen-bond acceptors (Lipinski definition) is 5. The van der Waals surface area contributed by atoms with Gasteiger partial charge in [-0.25, -0.2) is 9.97 Å². The van der Waals surface area contributed by atoms with Gasteiger partial charge in [-0.15, -0.1) is 11.3 Å². The molecular weight excluding hydrogens is 298 g/mol. The van der Waals surface area contributed by atoms with E-state index in [4.69, 9.17) is 5.11 Å². The summed E-state index contributed by atoms with van der Waals surface area (Å²) in [7, 11) is 0. The second-order valence-electron chi connectivity index (χ2n) is 5.01. The van der Waals surface area contributed by atoms with Crippen LogP contribution in [-0.2, 0) is 4.79 Å². The van der Waals surface area contributed by atoms with Gasteiger partial charge in [0.25, 0.3) is 0 Å². The smallest absolute Gasteiger partial charge is 0.325 e. The lowest BCUT2D eigenvalue weighted by atomic mass is 10.0. The lowest BCUT2D eigenvalue weighted by Gasteiger charge is -2.12. The average Bonchev–Trinajstić information content (AvgIpc) is 2.85. The first-order valence-corrected chi connectivity index (χ1v) is 7.68. The van der Waals surface area contributed by atoms with Gasteiger partial charge >= 0.3 is 5.97 Å². The van der Waals surface area contributed by atoms with Crippen molar-refractivity contribution in [3.63, 3.8) is 0 Å². The van der Waals surface area contributed by atoms with E-state index >= 15 is 0 Å². The molecule has 0 aliphatic carbocycles. The van der Waals surface area contributed by atoms with Gasteiger partial charge in [-0.3, -0.25) is 4.79 Å². The molecule has 112 valence electrons. The topological polar surface area (TPSA) is 75.1 Å². The van der Waals surface area contributed by atoms with Crippen molar-refractivity contribution < 1.29 is 9.90 Å². The van der Waals surface area contributed by atoms with Crippen LogP contribution in [0.15, 0.2) is 36.7 Å². The summed E-state index contributed by atoms with van der Waals surface area (Å²) >= 11 is 1.58. The van der Waals surface area contributed by atoms with E-state index in [-0.39, 0.29) is 0 Å². The SMILES string of the molecule is Cc1sc2ncnc(NC(C)C(=O)O)c2c1-c1ccccc1. The van der Waals surface area contributed by atoms with Gasteiger partial charge in [0.15, 0.2) is 0 Å². The van der Waals surface area contributed by atoms with E-state index in [9.17, 15) is 4.79 Å². The van der Waals surface area contributed by atoms with Crippen molar-refractivity contribution in [2.75, 3.05) is 5.32 Å². The van der Waals surface area contributed by atoms with Crippen molar-refractivity contribution in [1.29, 1.82) is 0 Å². The largest absolute Gasteiger partial charge is 0.480 e. The van der Waals surface area contributed by atoms with E-state index in [0.717, 1.165) is 26.2 Å². The average molecular weight is 313 g/mol. The molecule has 0 spiro atoms. The van der Waals surface area contributed by atoms with Crippen LogP contribution in [0.3, 0.4) is 0 Å². The summed E-state index contributed by atoms with van der Waals surface area (Å²) in [5, 5.41) is 12.9. The van der Waals surface area contributed by atoms with Crippen molar-refractivity contribution >= 4 is 33.3 Å². The number of benzene rings is 1. The van der Waals surface area contributed by atoms with E-state index in [0.29, 0.717) is 5.82 Å². The predicted octanol–water partition coefficient (Wildman–Crippen LogP) is 3.55. The van der Waals surface area contributed by atoms with Crippen LogP contribution >= 0.6 is 11.3 Å². The molecule has 1 unspecified atom stereocenters. The third-order valence-electron chi connectivity index (χ3n) is 3.45. The lowest BCUT2D eigenvalue weighted by molar-refractivity contribution is -0.137. The molecule has 0 bridgehead atoms. The maximum absolute atomic E-state index is 11.1. The Labute approximate surface area is 131 Å². The normalized spacial score (nSPS) is 12.3. The summed E-state index contributed by atoms with van der Waals surface area (Å²) in [6, 6.07) is 9.28. The highest BCUT2D eigenvalue weighted by Crippen LogP contribution is 2.40. The number of aryl methyl sites for hydroxylation is 1. The molecule has 22 heavy (non-hydrogen) atoms. The summed E-state index contributed by atoms with van der Waals surface area (Å²) in [6.45, 7) is 3.64. The van der Waals surface area contributed by atoms with Gasteiger partial charge in [0.2, 0.25) is 0 Å². The highest BCUT2D eigenvalue weighted by Gasteiger charge is 2.19. The number of fused-ring (bicyclic) bond motifs is 1. The Kier molecular flexibility index (Phi) is 3.77. The monoisotopic (exact) mass is 313 g/mol. The van der Waals surface area contributed by atoms with E-state index < -0.39 is 12.0 Å². The van der Waals surface area contributed by atoms with Crippen LogP contribution in [0.2, 0.25) is 0 Å². The summed E-state index contributed by atoms with van der Waals surface area (Å²) in [4.78, 5) is 21.7. The first-order valence-electron chi connectivity index (χ1n) is 6.86. The quantitative estimate of drug-likeness (QED) is 0.770. The second kappa shape index (κ2) is 5.73. The predicted molar refractivity (Wildman–Crippen MR) is 88.3 cm³/mol. The van der Waals surface area contributed by atoms with E-state index in [1.807, 2.05) is 37.3 Å². The molecule has 0 radical (unpaired) electrons. The van der Waals surface area contributed by atoms with Gasteiger partial charge < -0.3 is 10.4 Å². The summed E-state index contributed by atoms with van der Waals surface area (Å²) < 4.78 is 0. The molecular formula is C16H15N3O2S. The van der Waals surface area contributed by atoms with Gasteiger partial charge in [-0.05, 0) is 19.4 Å². The fourth-order valence-corrected chi connectivity index (χ4v) is 3.39. The van der Waals surface area contributed by atoms with E-state index in [1.54, 1.807) is 18.3 Å². The van der Waals surface area contributed by atoms with Crippen molar-refractivity contribution in [1.82, 2.24) is 9.97 Å². The maximum atomic E-state index is 11.1. The zero-order valence-corrected chi connectivity index (χ0v) is 13.0. The van der Waals surface area contributed by atoms with Crippen LogP contribution < -0.4 is 5.32 Å². The first kappa shape index (κ1) is 14.5. The lowest BCUT2D eigenvalue weighted by Crippen LogP contribution is -2.26. The van der Waals surface area contributed by atoms with Gasteiger partial charge in [0.05, 0.1) is 5.39 Å². The highest BCUT2D eigenvalue weighted by molar-refractivity contribution is 7.19.